The molecule has 1 aromatic rings. The number of anilines is 1. The molecule has 112 valence electrons. The normalized spacial score (nSPS) is 11.9. The highest BCUT2D eigenvalue weighted by atomic mass is 16.5. The van der Waals surface area contributed by atoms with Crippen LogP contribution in [0.3, 0.4) is 0 Å². The molecule has 0 aliphatic heterocycles. The van der Waals surface area contributed by atoms with Crippen molar-refractivity contribution < 1.29 is 9.53 Å². The van der Waals surface area contributed by atoms with Crippen LogP contribution >= 0.6 is 0 Å². The minimum absolute atomic E-state index is 0.0397. The summed E-state index contributed by atoms with van der Waals surface area (Å²) < 4.78 is 5.50. The second kappa shape index (κ2) is 9.23. The van der Waals surface area contributed by atoms with Crippen LogP contribution in [0.5, 0.6) is 5.75 Å². The molecule has 1 unspecified atom stereocenters. The number of nitrogen functional groups attached to an aromatic ring is 1. The maximum Gasteiger partial charge on any atom is 0.223 e. The summed E-state index contributed by atoms with van der Waals surface area (Å²) in [5, 5.41) is 2.99. The Labute approximate surface area is 121 Å². The zero-order valence-corrected chi connectivity index (χ0v) is 12.5. The van der Waals surface area contributed by atoms with Crippen LogP contribution < -0.4 is 15.8 Å². The number of nitrogens with one attached hydrogen (secondary N) is 1. The van der Waals surface area contributed by atoms with Crippen molar-refractivity contribution in [2.24, 2.45) is 0 Å². The predicted octanol–water partition coefficient (Wildman–Crippen LogP) is 3.12. The molecule has 0 fully saturated rings. The number of carbonyl (C=O) groups is 1. The Balaban J connectivity index is 2.16. The molecule has 0 saturated heterocycles. The van der Waals surface area contributed by atoms with E-state index in [0.29, 0.717) is 24.5 Å². The van der Waals surface area contributed by atoms with Crippen LogP contribution in [0.4, 0.5) is 5.69 Å². The molecule has 20 heavy (non-hydrogen) atoms. The lowest BCUT2D eigenvalue weighted by Crippen LogP contribution is -2.33. The first-order chi connectivity index (χ1) is 9.61. The molecule has 0 aliphatic carbocycles. The monoisotopic (exact) mass is 278 g/mol. The van der Waals surface area contributed by atoms with Crippen molar-refractivity contribution in [3.8, 4) is 5.75 Å². The molecule has 0 saturated carbocycles. The maximum absolute atomic E-state index is 11.7. The second-order valence-corrected chi connectivity index (χ2v) is 5.14. The molecular weight excluding hydrogens is 252 g/mol. The summed E-state index contributed by atoms with van der Waals surface area (Å²) in [4.78, 5) is 11.7. The summed E-state index contributed by atoms with van der Waals surface area (Å²) in [6.07, 6.45) is 4.99. The topological polar surface area (TPSA) is 64.3 Å². The molecule has 0 radical (unpaired) electrons. The van der Waals surface area contributed by atoms with Gasteiger partial charge in [-0.2, -0.15) is 0 Å². The van der Waals surface area contributed by atoms with Gasteiger partial charge < -0.3 is 15.8 Å². The van der Waals surface area contributed by atoms with E-state index < -0.39 is 0 Å². The van der Waals surface area contributed by atoms with Gasteiger partial charge in [0.25, 0.3) is 0 Å². The van der Waals surface area contributed by atoms with Crippen LogP contribution in [-0.4, -0.2) is 18.6 Å². The van der Waals surface area contributed by atoms with Crippen molar-refractivity contribution in [2.75, 3.05) is 12.3 Å². The number of hydrogen-bond acceptors (Lipinski definition) is 3. The molecule has 1 rings (SSSR count). The van der Waals surface area contributed by atoms with Gasteiger partial charge in [0, 0.05) is 17.8 Å². The number of rotatable bonds is 9. The van der Waals surface area contributed by atoms with Gasteiger partial charge in [0.15, 0.2) is 0 Å². The SMILES string of the molecule is CCCCCC(C)NC(=O)CCOc1cccc(N)c1. The summed E-state index contributed by atoms with van der Waals surface area (Å²) in [5.74, 6) is 0.742. The van der Waals surface area contributed by atoms with Crippen molar-refractivity contribution in [3.63, 3.8) is 0 Å². The van der Waals surface area contributed by atoms with Gasteiger partial charge in [-0.1, -0.05) is 32.3 Å². The van der Waals surface area contributed by atoms with E-state index in [-0.39, 0.29) is 11.9 Å². The Morgan fingerprint density at radius 2 is 2.20 bits per heavy atom. The number of benzene rings is 1. The first-order valence-corrected chi connectivity index (χ1v) is 7.39. The van der Waals surface area contributed by atoms with Crippen molar-refractivity contribution >= 4 is 11.6 Å². The molecule has 0 aromatic heterocycles. The first kappa shape index (κ1) is 16.3. The van der Waals surface area contributed by atoms with Gasteiger partial charge >= 0.3 is 0 Å². The smallest absolute Gasteiger partial charge is 0.223 e. The zero-order valence-electron chi connectivity index (χ0n) is 12.5. The number of carbonyl (C=O) groups excluding carboxylic acids is 1. The van der Waals surface area contributed by atoms with Crippen LogP contribution in [0.15, 0.2) is 24.3 Å². The summed E-state index contributed by atoms with van der Waals surface area (Å²) in [6.45, 7) is 4.60. The lowest BCUT2D eigenvalue weighted by atomic mass is 10.1. The Morgan fingerprint density at radius 1 is 1.40 bits per heavy atom. The number of nitrogens with two attached hydrogens (primary N) is 1. The fourth-order valence-electron chi connectivity index (χ4n) is 1.99. The number of amides is 1. The summed E-state index contributed by atoms with van der Waals surface area (Å²) >= 11 is 0. The third-order valence-corrected chi connectivity index (χ3v) is 3.10. The van der Waals surface area contributed by atoms with Crippen LogP contribution in [0, 0.1) is 0 Å². The van der Waals surface area contributed by atoms with Gasteiger partial charge in [0.2, 0.25) is 5.91 Å². The van der Waals surface area contributed by atoms with Crippen molar-refractivity contribution in [2.45, 2.75) is 52.0 Å². The van der Waals surface area contributed by atoms with E-state index in [2.05, 4.69) is 12.2 Å². The fourth-order valence-corrected chi connectivity index (χ4v) is 1.99. The lowest BCUT2D eigenvalue weighted by Gasteiger charge is -2.14. The van der Waals surface area contributed by atoms with E-state index in [1.165, 1.54) is 12.8 Å². The summed E-state index contributed by atoms with van der Waals surface area (Å²) in [7, 11) is 0. The van der Waals surface area contributed by atoms with Gasteiger partial charge in [0.1, 0.15) is 5.75 Å². The highest BCUT2D eigenvalue weighted by Crippen LogP contribution is 2.14. The van der Waals surface area contributed by atoms with Gasteiger partial charge in [0.05, 0.1) is 13.0 Å². The van der Waals surface area contributed by atoms with Gasteiger partial charge in [-0.3, -0.25) is 4.79 Å². The average Bonchev–Trinajstić information content (AvgIpc) is 2.39. The molecule has 1 amide bonds. The van der Waals surface area contributed by atoms with E-state index >= 15 is 0 Å². The molecule has 4 nitrogen and oxygen atoms in total. The number of unbranched alkanes of at least 4 members (excludes halogenated alkanes) is 2. The molecule has 0 aliphatic rings. The predicted molar refractivity (Wildman–Crippen MR) is 82.7 cm³/mol. The zero-order chi connectivity index (χ0) is 14.8. The van der Waals surface area contributed by atoms with E-state index in [1.807, 2.05) is 19.1 Å². The van der Waals surface area contributed by atoms with E-state index in [4.69, 9.17) is 10.5 Å². The largest absolute Gasteiger partial charge is 0.493 e. The third-order valence-electron chi connectivity index (χ3n) is 3.10. The summed E-state index contributed by atoms with van der Waals surface area (Å²) in [5.41, 5.74) is 6.32. The van der Waals surface area contributed by atoms with Gasteiger partial charge in [-0.15, -0.1) is 0 Å². The Hall–Kier alpha value is -1.71. The van der Waals surface area contributed by atoms with Crippen LogP contribution in [0.2, 0.25) is 0 Å². The van der Waals surface area contributed by atoms with Crippen LogP contribution in [0.1, 0.15) is 46.0 Å². The summed E-state index contributed by atoms with van der Waals surface area (Å²) in [6, 6.07) is 7.46. The highest BCUT2D eigenvalue weighted by Gasteiger charge is 2.07. The minimum atomic E-state index is 0.0397. The number of ether oxygens (including phenoxy) is 1. The molecule has 3 N–H and O–H groups in total. The van der Waals surface area contributed by atoms with E-state index in [0.717, 1.165) is 12.8 Å². The van der Waals surface area contributed by atoms with Crippen LogP contribution in [-0.2, 0) is 4.79 Å². The lowest BCUT2D eigenvalue weighted by molar-refractivity contribution is -0.122. The highest BCUT2D eigenvalue weighted by molar-refractivity contribution is 5.76. The first-order valence-electron chi connectivity index (χ1n) is 7.39. The molecule has 0 bridgehead atoms. The molecular formula is C16H26N2O2. The van der Waals surface area contributed by atoms with Gasteiger partial charge in [-0.25, -0.2) is 0 Å². The quantitative estimate of drug-likeness (QED) is 0.539. The standard InChI is InChI=1S/C16H26N2O2/c1-3-4-5-7-13(2)18-16(19)10-11-20-15-9-6-8-14(17)12-15/h6,8-9,12-13H,3-5,7,10-11,17H2,1-2H3,(H,18,19). The van der Waals surface area contributed by atoms with Crippen molar-refractivity contribution in [1.82, 2.24) is 5.32 Å². The Bertz CT molecular complexity index is 407. The number of hydrogen-bond donors (Lipinski definition) is 2. The molecule has 4 heteroatoms. The fraction of sp³-hybridized carbons (Fsp3) is 0.562. The Kier molecular flexibility index (Phi) is 7.55. The van der Waals surface area contributed by atoms with E-state index in [9.17, 15) is 4.79 Å². The molecule has 1 atom stereocenters. The maximum atomic E-state index is 11.7. The minimum Gasteiger partial charge on any atom is -0.493 e. The second-order valence-electron chi connectivity index (χ2n) is 5.14. The van der Waals surface area contributed by atoms with E-state index in [1.54, 1.807) is 12.1 Å². The van der Waals surface area contributed by atoms with Crippen molar-refractivity contribution in [3.05, 3.63) is 24.3 Å². The van der Waals surface area contributed by atoms with Crippen LogP contribution in [0.25, 0.3) is 0 Å². The molecule has 0 heterocycles. The molecule has 0 spiro atoms. The molecule has 1 aromatic carbocycles. The average molecular weight is 278 g/mol. The Morgan fingerprint density at radius 3 is 2.90 bits per heavy atom. The third kappa shape index (κ3) is 7.02. The van der Waals surface area contributed by atoms with Gasteiger partial charge in [-0.05, 0) is 25.5 Å². The van der Waals surface area contributed by atoms with Crippen molar-refractivity contribution in [1.29, 1.82) is 0 Å².